The second-order valence-corrected chi connectivity index (χ2v) is 8.07. The van der Waals surface area contributed by atoms with Crippen LogP contribution < -0.4 is 15.4 Å². The number of aromatic nitrogens is 1. The van der Waals surface area contributed by atoms with Crippen LogP contribution in [0.25, 0.3) is 0 Å². The van der Waals surface area contributed by atoms with Crippen molar-refractivity contribution in [3.63, 3.8) is 0 Å². The molecule has 0 unspecified atom stereocenters. The lowest BCUT2D eigenvalue weighted by molar-refractivity contribution is -0.154. The van der Waals surface area contributed by atoms with E-state index < -0.39 is 12.8 Å². The number of nitrogens with zero attached hydrogens (tertiary/aromatic N) is 3. The number of hydrogen-bond donors (Lipinski definition) is 2. The second kappa shape index (κ2) is 12.8. The molecule has 0 radical (unpaired) electrons. The number of nitrogens with one attached hydrogen (secondary N) is 2. The zero-order chi connectivity index (χ0) is 22.2. The van der Waals surface area contributed by atoms with Crippen LogP contribution in [0.3, 0.4) is 0 Å². The Bertz CT molecular complexity index is 724. The number of morpholine rings is 1. The van der Waals surface area contributed by atoms with Crippen LogP contribution in [0.5, 0.6) is 5.88 Å². The van der Waals surface area contributed by atoms with Crippen molar-refractivity contribution in [2.75, 3.05) is 46.5 Å². The molecular weight excluding hydrogens is 538 g/mol. The highest BCUT2D eigenvalue weighted by molar-refractivity contribution is 14.0. The smallest absolute Gasteiger partial charge is 0.422 e. The molecule has 32 heavy (non-hydrogen) atoms. The molecule has 2 N–H and O–H groups in total. The van der Waals surface area contributed by atoms with Gasteiger partial charge in [-0.15, -0.1) is 24.0 Å². The average Bonchev–Trinajstić information content (AvgIpc) is 2.79. The largest absolute Gasteiger partial charge is 0.468 e. The molecule has 0 spiro atoms. The van der Waals surface area contributed by atoms with Gasteiger partial charge in [0.05, 0.1) is 13.2 Å². The molecule has 1 aromatic heterocycles. The lowest BCUT2D eigenvalue weighted by Crippen LogP contribution is -2.60. The monoisotopic (exact) mass is 571 g/mol. The first kappa shape index (κ1) is 26.9. The minimum atomic E-state index is -4.39. The number of pyridine rings is 1. The first-order valence-corrected chi connectivity index (χ1v) is 10.8. The van der Waals surface area contributed by atoms with Crippen molar-refractivity contribution < 1.29 is 22.6 Å². The van der Waals surface area contributed by atoms with Crippen LogP contribution >= 0.6 is 24.0 Å². The molecule has 0 amide bonds. The number of alkyl halides is 3. The van der Waals surface area contributed by atoms with Gasteiger partial charge in [0.1, 0.15) is 0 Å². The molecule has 0 atom stereocenters. The first-order chi connectivity index (χ1) is 14.9. The molecule has 3 rings (SSSR count). The van der Waals surface area contributed by atoms with Gasteiger partial charge in [0.15, 0.2) is 12.6 Å². The van der Waals surface area contributed by atoms with E-state index in [2.05, 4.69) is 25.5 Å². The average molecular weight is 571 g/mol. The molecule has 1 saturated carbocycles. The molecule has 0 aromatic carbocycles. The van der Waals surface area contributed by atoms with Gasteiger partial charge in [0.25, 0.3) is 0 Å². The van der Waals surface area contributed by atoms with Crippen LogP contribution in [0, 0.1) is 0 Å². The fourth-order valence-electron chi connectivity index (χ4n) is 4.30. The van der Waals surface area contributed by atoms with E-state index in [0.29, 0.717) is 12.5 Å². The molecule has 182 valence electrons. The Balaban J connectivity index is 0.00000363. The van der Waals surface area contributed by atoms with Crippen LogP contribution in [0.15, 0.2) is 23.3 Å². The fourth-order valence-corrected chi connectivity index (χ4v) is 4.30. The molecule has 2 fully saturated rings. The van der Waals surface area contributed by atoms with Crippen molar-refractivity contribution in [2.45, 2.75) is 50.4 Å². The van der Waals surface area contributed by atoms with Crippen LogP contribution in [0.4, 0.5) is 13.2 Å². The van der Waals surface area contributed by atoms with E-state index in [1.165, 1.54) is 31.5 Å². The summed E-state index contributed by atoms with van der Waals surface area (Å²) < 4.78 is 47.3. The summed E-state index contributed by atoms with van der Waals surface area (Å²) in [5.41, 5.74) is 0.866. The molecule has 1 saturated heterocycles. The Labute approximate surface area is 204 Å². The SMILES string of the molecule is CN=C(NCc1ccnc(OCC(F)(F)F)c1)NCC1(N2CCOCC2)CCCCC1.I. The third-order valence-electron chi connectivity index (χ3n) is 5.92. The molecule has 2 heterocycles. The Morgan fingerprint density at radius 2 is 1.94 bits per heavy atom. The summed E-state index contributed by atoms with van der Waals surface area (Å²) in [4.78, 5) is 10.7. The highest BCUT2D eigenvalue weighted by Gasteiger charge is 2.38. The Kier molecular flexibility index (Phi) is 10.7. The van der Waals surface area contributed by atoms with E-state index in [1.54, 1.807) is 13.1 Å². The molecule has 7 nitrogen and oxygen atoms in total. The van der Waals surface area contributed by atoms with E-state index in [1.807, 2.05) is 0 Å². The van der Waals surface area contributed by atoms with Crippen molar-refractivity contribution in [1.29, 1.82) is 0 Å². The minimum absolute atomic E-state index is 0. The highest BCUT2D eigenvalue weighted by atomic mass is 127. The van der Waals surface area contributed by atoms with Crippen molar-refractivity contribution in [3.05, 3.63) is 23.9 Å². The van der Waals surface area contributed by atoms with Crippen molar-refractivity contribution >= 4 is 29.9 Å². The van der Waals surface area contributed by atoms with E-state index in [9.17, 15) is 13.2 Å². The number of ether oxygens (including phenoxy) is 2. The van der Waals surface area contributed by atoms with Gasteiger partial charge in [-0.05, 0) is 24.5 Å². The lowest BCUT2D eigenvalue weighted by Gasteiger charge is -2.48. The summed E-state index contributed by atoms with van der Waals surface area (Å²) >= 11 is 0. The van der Waals surface area contributed by atoms with Gasteiger partial charge in [-0.1, -0.05) is 19.3 Å². The van der Waals surface area contributed by atoms with Crippen molar-refractivity contribution in [2.24, 2.45) is 4.99 Å². The zero-order valence-electron chi connectivity index (χ0n) is 18.4. The lowest BCUT2D eigenvalue weighted by atomic mass is 9.80. The Morgan fingerprint density at radius 1 is 1.22 bits per heavy atom. The molecule has 2 aliphatic rings. The number of aliphatic imine (C=N–C) groups is 1. The predicted molar refractivity (Wildman–Crippen MR) is 128 cm³/mol. The van der Waals surface area contributed by atoms with Gasteiger partial charge < -0.3 is 20.1 Å². The number of halogens is 4. The topological polar surface area (TPSA) is 71.0 Å². The molecular formula is C21H33F3IN5O2. The third kappa shape index (κ3) is 8.22. The molecule has 11 heteroatoms. The maximum Gasteiger partial charge on any atom is 0.422 e. The summed E-state index contributed by atoms with van der Waals surface area (Å²) in [5, 5.41) is 6.70. The normalized spacial score (nSPS) is 19.7. The van der Waals surface area contributed by atoms with Crippen LogP contribution in [0.1, 0.15) is 37.7 Å². The van der Waals surface area contributed by atoms with Gasteiger partial charge >= 0.3 is 6.18 Å². The maximum atomic E-state index is 12.3. The van der Waals surface area contributed by atoms with E-state index in [4.69, 9.17) is 9.47 Å². The molecule has 1 aromatic rings. The summed E-state index contributed by atoms with van der Waals surface area (Å²) in [6.07, 6.45) is 3.08. The van der Waals surface area contributed by atoms with E-state index >= 15 is 0 Å². The number of hydrogen-bond acceptors (Lipinski definition) is 5. The quantitative estimate of drug-likeness (QED) is 0.298. The fraction of sp³-hybridized carbons (Fsp3) is 0.714. The van der Waals surface area contributed by atoms with Crippen molar-refractivity contribution in [1.82, 2.24) is 20.5 Å². The van der Waals surface area contributed by atoms with E-state index in [0.717, 1.165) is 51.3 Å². The van der Waals surface area contributed by atoms with Gasteiger partial charge in [-0.2, -0.15) is 13.2 Å². The Hall–Kier alpha value is -1.34. The standard InChI is InChI=1S/C21H32F3N5O2.HI/c1-25-19(27-14-17-5-8-26-18(13-17)31-16-21(22,23)24)28-15-20(6-3-2-4-7-20)29-9-11-30-12-10-29;/h5,8,13H,2-4,6-7,9-12,14-16H2,1H3,(H2,25,27,28);1H. The number of guanidine groups is 1. The number of rotatable bonds is 7. The summed E-state index contributed by atoms with van der Waals surface area (Å²) in [5.74, 6) is 0.612. The predicted octanol–water partition coefficient (Wildman–Crippen LogP) is 3.34. The first-order valence-electron chi connectivity index (χ1n) is 10.8. The van der Waals surface area contributed by atoms with E-state index in [-0.39, 0.29) is 35.4 Å². The summed E-state index contributed by atoms with van der Waals surface area (Å²) in [6, 6.07) is 3.24. The van der Waals surface area contributed by atoms with Gasteiger partial charge in [-0.25, -0.2) is 4.98 Å². The minimum Gasteiger partial charge on any atom is -0.468 e. The van der Waals surface area contributed by atoms with Gasteiger partial charge in [-0.3, -0.25) is 9.89 Å². The van der Waals surface area contributed by atoms with Crippen LogP contribution in [-0.2, 0) is 11.3 Å². The highest BCUT2D eigenvalue weighted by Crippen LogP contribution is 2.33. The zero-order valence-corrected chi connectivity index (χ0v) is 20.7. The summed E-state index contributed by atoms with van der Waals surface area (Å²) in [7, 11) is 1.71. The van der Waals surface area contributed by atoms with Crippen molar-refractivity contribution in [3.8, 4) is 5.88 Å². The molecule has 1 aliphatic heterocycles. The third-order valence-corrected chi connectivity index (χ3v) is 5.92. The van der Waals surface area contributed by atoms with Gasteiger partial charge in [0.2, 0.25) is 5.88 Å². The van der Waals surface area contributed by atoms with Crippen LogP contribution in [-0.4, -0.2) is 74.1 Å². The maximum absolute atomic E-state index is 12.3. The summed E-state index contributed by atoms with van der Waals surface area (Å²) in [6.45, 7) is 3.28. The Morgan fingerprint density at radius 3 is 2.59 bits per heavy atom. The van der Waals surface area contributed by atoms with Gasteiger partial charge in [0, 0.05) is 51.0 Å². The molecule has 1 aliphatic carbocycles. The van der Waals surface area contributed by atoms with Crippen LogP contribution in [0.2, 0.25) is 0 Å². The second-order valence-electron chi connectivity index (χ2n) is 8.07. The molecule has 0 bridgehead atoms.